The van der Waals surface area contributed by atoms with E-state index in [4.69, 9.17) is 14.2 Å². The van der Waals surface area contributed by atoms with Crippen LogP contribution in [0, 0.1) is 5.92 Å². The van der Waals surface area contributed by atoms with E-state index in [-0.39, 0.29) is 25.0 Å². The van der Waals surface area contributed by atoms with Crippen LogP contribution in [0.4, 0.5) is 0 Å². The summed E-state index contributed by atoms with van der Waals surface area (Å²) in [5.74, 6) is 2.25. The zero-order chi connectivity index (χ0) is 21.2. The van der Waals surface area contributed by atoms with Gasteiger partial charge in [-0.05, 0) is 55.2 Å². The van der Waals surface area contributed by atoms with Gasteiger partial charge < -0.3 is 24.4 Å². The molecule has 0 spiro atoms. The minimum absolute atomic E-state index is 0.00534. The van der Waals surface area contributed by atoms with Crippen LogP contribution in [-0.4, -0.2) is 56.7 Å². The van der Waals surface area contributed by atoms with Crippen LogP contribution in [-0.2, 0) is 9.59 Å². The Bertz CT molecular complexity index is 802. The monoisotopic (exact) mass is 412 g/mol. The van der Waals surface area contributed by atoms with E-state index in [1.54, 1.807) is 31.4 Å². The van der Waals surface area contributed by atoms with Crippen molar-refractivity contribution >= 4 is 11.8 Å². The van der Waals surface area contributed by atoms with Crippen molar-refractivity contribution in [3.63, 3.8) is 0 Å². The molecule has 0 aliphatic carbocycles. The third-order valence-corrected chi connectivity index (χ3v) is 5.09. The second kappa shape index (κ2) is 11.1. The molecule has 1 heterocycles. The van der Waals surface area contributed by atoms with Crippen LogP contribution in [0.25, 0.3) is 0 Å². The van der Waals surface area contributed by atoms with Crippen LogP contribution in [0.15, 0.2) is 54.6 Å². The fraction of sp³-hybridized carbons (Fsp3) is 0.391. The average molecular weight is 412 g/mol. The molecule has 30 heavy (non-hydrogen) atoms. The second-order valence-corrected chi connectivity index (χ2v) is 7.19. The van der Waals surface area contributed by atoms with Crippen molar-refractivity contribution in [3.05, 3.63) is 54.6 Å². The van der Waals surface area contributed by atoms with Gasteiger partial charge in [0.2, 0.25) is 0 Å². The number of ether oxygens (including phenoxy) is 3. The molecule has 1 aliphatic heterocycles. The molecule has 7 nitrogen and oxygen atoms in total. The SMILES string of the molecule is COc1ccc(OCC(=O)NCC2CCN(C(=O)COc3ccccc3)CC2)cc1. The largest absolute Gasteiger partial charge is 0.497 e. The van der Waals surface area contributed by atoms with Crippen molar-refractivity contribution < 1.29 is 23.8 Å². The number of para-hydroxylation sites is 1. The zero-order valence-corrected chi connectivity index (χ0v) is 17.2. The Balaban J connectivity index is 1.30. The predicted octanol–water partition coefficient (Wildman–Crippen LogP) is 2.51. The van der Waals surface area contributed by atoms with E-state index in [1.165, 1.54) is 0 Å². The molecule has 2 amide bonds. The van der Waals surface area contributed by atoms with Gasteiger partial charge in [-0.15, -0.1) is 0 Å². The first kappa shape index (κ1) is 21.5. The van der Waals surface area contributed by atoms with Gasteiger partial charge in [-0.1, -0.05) is 18.2 Å². The third kappa shape index (κ3) is 6.69. The molecule has 3 rings (SSSR count). The van der Waals surface area contributed by atoms with E-state index in [1.807, 2.05) is 35.2 Å². The highest BCUT2D eigenvalue weighted by molar-refractivity contribution is 5.78. The Morgan fingerprint density at radius 3 is 2.17 bits per heavy atom. The summed E-state index contributed by atoms with van der Waals surface area (Å²) in [7, 11) is 1.60. The number of amides is 2. The fourth-order valence-electron chi connectivity index (χ4n) is 3.27. The molecule has 0 atom stereocenters. The first-order valence-corrected chi connectivity index (χ1v) is 10.1. The Morgan fingerprint density at radius 2 is 1.50 bits per heavy atom. The standard InChI is InChI=1S/C23H28N2O5/c1-28-19-7-9-21(10-8-19)29-16-22(26)24-15-18-11-13-25(14-12-18)23(27)17-30-20-5-3-2-4-6-20/h2-10,18H,11-17H2,1H3,(H,24,26). The quantitative estimate of drug-likeness (QED) is 0.685. The number of hydrogen-bond donors (Lipinski definition) is 1. The molecule has 0 bridgehead atoms. The molecule has 0 aromatic heterocycles. The number of carbonyl (C=O) groups is 2. The van der Waals surface area contributed by atoms with Crippen LogP contribution in [0.1, 0.15) is 12.8 Å². The minimum atomic E-state index is -0.152. The molecular weight excluding hydrogens is 384 g/mol. The Hall–Kier alpha value is -3.22. The van der Waals surface area contributed by atoms with Gasteiger partial charge in [0.25, 0.3) is 11.8 Å². The number of nitrogens with zero attached hydrogens (tertiary/aromatic N) is 1. The van der Waals surface area contributed by atoms with Crippen molar-refractivity contribution in [2.24, 2.45) is 5.92 Å². The smallest absolute Gasteiger partial charge is 0.260 e. The summed E-state index contributed by atoms with van der Waals surface area (Å²) in [6.45, 7) is 1.97. The maximum atomic E-state index is 12.3. The lowest BCUT2D eigenvalue weighted by Gasteiger charge is -2.32. The number of piperidine rings is 1. The van der Waals surface area contributed by atoms with E-state index >= 15 is 0 Å². The molecule has 0 radical (unpaired) electrons. The lowest BCUT2D eigenvalue weighted by Crippen LogP contribution is -2.43. The minimum Gasteiger partial charge on any atom is -0.497 e. The highest BCUT2D eigenvalue weighted by Crippen LogP contribution is 2.18. The van der Waals surface area contributed by atoms with E-state index in [9.17, 15) is 9.59 Å². The van der Waals surface area contributed by atoms with Gasteiger partial charge in [-0.25, -0.2) is 0 Å². The van der Waals surface area contributed by atoms with Crippen molar-refractivity contribution in [1.82, 2.24) is 10.2 Å². The second-order valence-electron chi connectivity index (χ2n) is 7.19. The van der Waals surface area contributed by atoms with Crippen LogP contribution in [0.3, 0.4) is 0 Å². The Labute approximate surface area is 176 Å². The normalized spacial score (nSPS) is 14.1. The van der Waals surface area contributed by atoms with E-state index in [0.29, 0.717) is 37.1 Å². The number of hydrogen-bond acceptors (Lipinski definition) is 5. The zero-order valence-electron chi connectivity index (χ0n) is 17.2. The van der Waals surface area contributed by atoms with E-state index in [0.717, 1.165) is 18.6 Å². The number of methoxy groups -OCH3 is 1. The van der Waals surface area contributed by atoms with Gasteiger partial charge in [0.05, 0.1) is 7.11 Å². The summed E-state index contributed by atoms with van der Waals surface area (Å²) in [6.07, 6.45) is 1.72. The molecule has 1 N–H and O–H groups in total. The maximum absolute atomic E-state index is 12.3. The van der Waals surface area contributed by atoms with Crippen molar-refractivity contribution in [3.8, 4) is 17.2 Å². The Kier molecular flexibility index (Phi) is 7.94. The number of nitrogens with one attached hydrogen (secondary N) is 1. The first-order chi connectivity index (χ1) is 14.6. The van der Waals surface area contributed by atoms with Gasteiger partial charge in [-0.2, -0.15) is 0 Å². The van der Waals surface area contributed by atoms with Gasteiger partial charge >= 0.3 is 0 Å². The van der Waals surface area contributed by atoms with Gasteiger partial charge in [0.1, 0.15) is 17.2 Å². The van der Waals surface area contributed by atoms with Gasteiger partial charge in [0.15, 0.2) is 13.2 Å². The molecule has 1 saturated heterocycles. The average Bonchev–Trinajstić information content (AvgIpc) is 2.81. The topological polar surface area (TPSA) is 77.1 Å². The Morgan fingerprint density at radius 1 is 0.900 bits per heavy atom. The fourth-order valence-corrected chi connectivity index (χ4v) is 3.27. The van der Waals surface area contributed by atoms with Gasteiger partial charge in [-0.3, -0.25) is 9.59 Å². The summed E-state index contributed by atoms with van der Waals surface area (Å²) in [6, 6.07) is 16.4. The number of benzene rings is 2. The number of likely N-dealkylation sites (tertiary alicyclic amines) is 1. The maximum Gasteiger partial charge on any atom is 0.260 e. The van der Waals surface area contributed by atoms with E-state index < -0.39 is 0 Å². The summed E-state index contributed by atoms with van der Waals surface area (Å²) in [4.78, 5) is 26.2. The molecule has 160 valence electrons. The molecule has 1 fully saturated rings. The van der Waals surface area contributed by atoms with Crippen LogP contribution < -0.4 is 19.5 Å². The molecule has 0 unspecified atom stereocenters. The molecule has 1 aliphatic rings. The van der Waals surface area contributed by atoms with Crippen molar-refractivity contribution in [1.29, 1.82) is 0 Å². The molecular formula is C23H28N2O5. The van der Waals surface area contributed by atoms with Crippen LogP contribution in [0.2, 0.25) is 0 Å². The highest BCUT2D eigenvalue weighted by Gasteiger charge is 2.23. The summed E-state index contributed by atoms with van der Waals surface area (Å²) in [5, 5.41) is 2.92. The summed E-state index contributed by atoms with van der Waals surface area (Å²) >= 11 is 0. The summed E-state index contributed by atoms with van der Waals surface area (Å²) < 4.78 is 16.1. The molecule has 2 aromatic rings. The van der Waals surface area contributed by atoms with Crippen LogP contribution >= 0.6 is 0 Å². The predicted molar refractivity (Wildman–Crippen MR) is 113 cm³/mol. The highest BCUT2D eigenvalue weighted by atomic mass is 16.5. The molecule has 2 aromatic carbocycles. The van der Waals surface area contributed by atoms with E-state index in [2.05, 4.69) is 5.32 Å². The lowest BCUT2D eigenvalue weighted by molar-refractivity contribution is -0.135. The van der Waals surface area contributed by atoms with Crippen LogP contribution in [0.5, 0.6) is 17.2 Å². The first-order valence-electron chi connectivity index (χ1n) is 10.1. The molecule has 0 saturated carbocycles. The lowest BCUT2D eigenvalue weighted by atomic mass is 9.97. The summed E-state index contributed by atoms with van der Waals surface area (Å²) in [5.41, 5.74) is 0. The van der Waals surface area contributed by atoms with Gasteiger partial charge in [0, 0.05) is 19.6 Å². The van der Waals surface area contributed by atoms with Crippen molar-refractivity contribution in [2.75, 3.05) is 40.0 Å². The third-order valence-electron chi connectivity index (χ3n) is 5.09. The number of carbonyl (C=O) groups excluding carboxylic acids is 2. The van der Waals surface area contributed by atoms with Crippen molar-refractivity contribution in [2.45, 2.75) is 12.8 Å². The number of rotatable bonds is 9. The molecule has 7 heteroatoms.